The average Bonchev–Trinajstić information content (AvgIpc) is 2.71. The molecule has 1 aliphatic carbocycles. The molecule has 2 aliphatic rings. The molecule has 10 heavy (non-hydrogen) atoms. The normalized spacial score (nSPS) is 28.1. The van der Waals surface area contributed by atoms with Crippen LogP contribution in [-0.4, -0.2) is 17.0 Å². The third kappa shape index (κ3) is 0.701. The first-order chi connectivity index (χ1) is 4.87. The van der Waals surface area contributed by atoms with Crippen LogP contribution < -0.4 is 0 Å². The van der Waals surface area contributed by atoms with Gasteiger partial charge in [-0.15, -0.1) is 0 Å². The molecule has 1 heterocycles. The Labute approximate surface area is 61.4 Å². The monoisotopic (exact) mass is 136 g/mol. The Kier molecular flexibility index (Phi) is 1.14. The van der Waals surface area contributed by atoms with Gasteiger partial charge in [-0.25, -0.2) is 0 Å². The highest BCUT2D eigenvalue weighted by atomic mass is 15.2. The van der Waals surface area contributed by atoms with Gasteiger partial charge in [0.25, 0.3) is 0 Å². The molecule has 1 aliphatic heterocycles. The molecule has 1 saturated heterocycles. The van der Waals surface area contributed by atoms with E-state index in [0.717, 1.165) is 6.54 Å². The summed E-state index contributed by atoms with van der Waals surface area (Å²) in [6, 6.07) is 0. The largest absolute Gasteiger partial charge is 0.305 e. The molecule has 0 unspecified atom stereocenters. The van der Waals surface area contributed by atoms with E-state index in [1.54, 1.807) is 0 Å². The Bertz CT molecular complexity index is 176. The number of hydrogen-bond acceptors (Lipinski definition) is 2. The van der Waals surface area contributed by atoms with Crippen LogP contribution in [0.3, 0.4) is 0 Å². The highest BCUT2D eigenvalue weighted by molar-refractivity contribution is 5.09. The van der Waals surface area contributed by atoms with E-state index in [0.29, 0.717) is 5.54 Å². The van der Waals surface area contributed by atoms with Crippen molar-refractivity contribution < 1.29 is 0 Å². The number of rotatable bonds is 0. The summed E-state index contributed by atoms with van der Waals surface area (Å²) >= 11 is 0. The first-order valence-electron chi connectivity index (χ1n) is 4.05. The fraction of sp³-hybridized carbons (Fsp3) is 0.875. The maximum absolute atomic E-state index is 8.74. The second kappa shape index (κ2) is 1.88. The summed E-state index contributed by atoms with van der Waals surface area (Å²) in [6.07, 6.45) is 8.63. The Morgan fingerprint density at radius 1 is 1.20 bits per heavy atom. The molecule has 1 saturated carbocycles. The van der Waals surface area contributed by atoms with Gasteiger partial charge >= 0.3 is 0 Å². The molecule has 0 aromatic carbocycles. The van der Waals surface area contributed by atoms with Crippen LogP contribution in [-0.2, 0) is 0 Å². The molecule has 2 nitrogen and oxygen atoms in total. The molecule has 0 radical (unpaired) electrons. The number of hydrogen-bond donors (Lipinski definition) is 0. The molecule has 54 valence electrons. The summed E-state index contributed by atoms with van der Waals surface area (Å²) in [4.78, 5) is 2.00. The van der Waals surface area contributed by atoms with Gasteiger partial charge in [0.15, 0.2) is 6.19 Å². The lowest BCUT2D eigenvalue weighted by molar-refractivity contribution is 0.204. The fourth-order valence-corrected chi connectivity index (χ4v) is 1.92. The zero-order valence-electron chi connectivity index (χ0n) is 6.14. The van der Waals surface area contributed by atoms with E-state index in [-0.39, 0.29) is 0 Å². The molecule has 0 aromatic heterocycles. The van der Waals surface area contributed by atoms with Gasteiger partial charge in [0, 0.05) is 6.54 Å². The van der Waals surface area contributed by atoms with Crippen molar-refractivity contribution in [2.24, 2.45) is 0 Å². The van der Waals surface area contributed by atoms with Crippen molar-refractivity contribution in [3.63, 3.8) is 0 Å². The quantitative estimate of drug-likeness (QED) is 0.472. The highest BCUT2D eigenvalue weighted by Gasteiger charge is 2.48. The zero-order valence-corrected chi connectivity index (χ0v) is 6.14. The fourth-order valence-electron chi connectivity index (χ4n) is 1.92. The molecular formula is C8H12N2. The number of piperidine rings is 1. The molecule has 2 rings (SSSR count). The van der Waals surface area contributed by atoms with Crippen LogP contribution in [0.15, 0.2) is 0 Å². The average molecular weight is 136 g/mol. The van der Waals surface area contributed by atoms with Crippen molar-refractivity contribution in [3.05, 3.63) is 0 Å². The van der Waals surface area contributed by atoms with Gasteiger partial charge in [-0.1, -0.05) is 0 Å². The van der Waals surface area contributed by atoms with Crippen molar-refractivity contribution in [3.8, 4) is 6.19 Å². The molecule has 2 fully saturated rings. The minimum absolute atomic E-state index is 0.368. The molecule has 1 spiro atoms. The predicted molar refractivity (Wildman–Crippen MR) is 38.1 cm³/mol. The van der Waals surface area contributed by atoms with Gasteiger partial charge in [0.2, 0.25) is 0 Å². The van der Waals surface area contributed by atoms with Gasteiger partial charge in [-0.3, -0.25) is 0 Å². The Hall–Kier alpha value is -0.710. The molecular weight excluding hydrogens is 124 g/mol. The predicted octanol–water partition coefficient (Wildman–Crippen LogP) is 1.49. The van der Waals surface area contributed by atoms with Crippen LogP contribution in [0.5, 0.6) is 0 Å². The van der Waals surface area contributed by atoms with Gasteiger partial charge in [-0.05, 0) is 32.1 Å². The van der Waals surface area contributed by atoms with Gasteiger partial charge < -0.3 is 4.90 Å². The van der Waals surface area contributed by atoms with E-state index in [4.69, 9.17) is 5.26 Å². The number of nitrogens with zero attached hydrogens (tertiary/aromatic N) is 2. The first-order valence-corrected chi connectivity index (χ1v) is 4.05. The Morgan fingerprint density at radius 3 is 2.50 bits per heavy atom. The van der Waals surface area contributed by atoms with Crippen LogP contribution >= 0.6 is 0 Å². The Balaban J connectivity index is 2.09. The minimum Gasteiger partial charge on any atom is -0.305 e. The van der Waals surface area contributed by atoms with Crippen molar-refractivity contribution >= 4 is 0 Å². The molecule has 2 heteroatoms. The Morgan fingerprint density at radius 2 is 2.00 bits per heavy atom. The van der Waals surface area contributed by atoms with E-state index in [2.05, 4.69) is 6.19 Å². The van der Waals surface area contributed by atoms with E-state index >= 15 is 0 Å². The number of nitriles is 1. The number of likely N-dealkylation sites (tertiary alicyclic amines) is 1. The van der Waals surface area contributed by atoms with Gasteiger partial charge in [0.05, 0.1) is 5.54 Å². The van der Waals surface area contributed by atoms with E-state index < -0.39 is 0 Å². The van der Waals surface area contributed by atoms with E-state index in [1.807, 2.05) is 4.90 Å². The summed E-state index contributed by atoms with van der Waals surface area (Å²) in [5.41, 5.74) is 0.368. The van der Waals surface area contributed by atoms with Crippen molar-refractivity contribution in [1.82, 2.24) is 4.90 Å². The molecule has 0 aromatic rings. The topological polar surface area (TPSA) is 27.0 Å². The molecule has 0 bridgehead atoms. The molecule has 0 amide bonds. The standard InChI is InChI=1S/C8H12N2/c9-7-10-6-2-1-3-8(10)4-5-8/h1-6H2. The van der Waals surface area contributed by atoms with Crippen LogP contribution in [0.1, 0.15) is 32.1 Å². The van der Waals surface area contributed by atoms with E-state index in [1.165, 1.54) is 32.1 Å². The second-order valence-corrected chi connectivity index (χ2v) is 3.43. The summed E-state index contributed by atoms with van der Waals surface area (Å²) in [5, 5.41) is 8.74. The lowest BCUT2D eigenvalue weighted by atomic mass is 10.0. The highest BCUT2D eigenvalue weighted by Crippen LogP contribution is 2.47. The van der Waals surface area contributed by atoms with Crippen LogP contribution in [0.25, 0.3) is 0 Å². The summed E-state index contributed by atoms with van der Waals surface area (Å²) in [5.74, 6) is 0. The van der Waals surface area contributed by atoms with Crippen LogP contribution in [0.2, 0.25) is 0 Å². The van der Waals surface area contributed by atoms with Crippen LogP contribution in [0.4, 0.5) is 0 Å². The third-order valence-electron chi connectivity index (χ3n) is 2.79. The van der Waals surface area contributed by atoms with Crippen molar-refractivity contribution in [2.75, 3.05) is 6.54 Å². The maximum Gasteiger partial charge on any atom is 0.179 e. The molecule has 0 N–H and O–H groups in total. The van der Waals surface area contributed by atoms with Crippen molar-refractivity contribution in [2.45, 2.75) is 37.6 Å². The lowest BCUT2D eigenvalue weighted by Gasteiger charge is -2.31. The smallest absolute Gasteiger partial charge is 0.179 e. The summed E-state index contributed by atoms with van der Waals surface area (Å²) in [6.45, 7) is 1.01. The van der Waals surface area contributed by atoms with Crippen LogP contribution in [0, 0.1) is 11.5 Å². The summed E-state index contributed by atoms with van der Waals surface area (Å²) in [7, 11) is 0. The lowest BCUT2D eigenvalue weighted by Crippen LogP contribution is -2.37. The first kappa shape index (κ1) is 6.03. The van der Waals surface area contributed by atoms with E-state index in [9.17, 15) is 0 Å². The zero-order chi connectivity index (χ0) is 7.03. The SMILES string of the molecule is N#CN1CCCCC12CC2. The molecule has 0 atom stereocenters. The second-order valence-electron chi connectivity index (χ2n) is 3.43. The third-order valence-corrected chi connectivity index (χ3v) is 2.79. The summed E-state index contributed by atoms with van der Waals surface area (Å²) < 4.78 is 0. The maximum atomic E-state index is 8.74. The van der Waals surface area contributed by atoms with Gasteiger partial charge in [0.1, 0.15) is 0 Å². The van der Waals surface area contributed by atoms with Gasteiger partial charge in [-0.2, -0.15) is 5.26 Å². The minimum atomic E-state index is 0.368. The van der Waals surface area contributed by atoms with Crippen molar-refractivity contribution in [1.29, 1.82) is 5.26 Å².